The molecule has 2 N–H and O–H groups in total. The van der Waals surface area contributed by atoms with Gasteiger partial charge in [0.1, 0.15) is 18.0 Å². The molecule has 7 nitrogen and oxygen atoms in total. The van der Waals surface area contributed by atoms with Gasteiger partial charge in [0.05, 0.1) is 30.4 Å². The highest BCUT2D eigenvalue weighted by Crippen LogP contribution is 2.34. The van der Waals surface area contributed by atoms with E-state index in [-0.39, 0.29) is 12.0 Å². The Bertz CT molecular complexity index is 935. The number of aromatic amines is 1. The van der Waals surface area contributed by atoms with Crippen molar-refractivity contribution < 1.29 is 5.11 Å². The maximum atomic E-state index is 9.77. The first-order valence-electron chi connectivity index (χ1n) is 9.85. The predicted molar refractivity (Wildman–Crippen MR) is 107 cm³/mol. The zero-order valence-corrected chi connectivity index (χ0v) is 15.7. The molecule has 0 spiro atoms. The summed E-state index contributed by atoms with van der Waals surface area (Å²) in [7, 11) is 0. The molecule has 3 aromatic rings. The molecule has 2 aromatic heterocycles. The monoisotopic (exact) mass is 376 g/mol. The minimum atomic E-state index is -0.190. The fourth-order valence-corrected chi connectivity index (χ4v) is 4.22. The van der Waals surface area contributed by atoms with Gasteiger partial charge in [-0.25, -0.2) is 15.0 Å². The topological polar surface area (TPSA) is 81.2 Å². The van der Waals surface area contributed by atoms with Gasteiger partial charge in [-0.2, -0.15) is 0 Å². The maximum absolute atomic E-state index is 9.77. The minimum Gasteiger partial charge on any atom is -0.393 e. The molecule has 5 rings (SSSR count). The van der Waals surface area contributed by atoms with Gasteiger partial charge in [0, 0.05) is 31.6 Å². The molecule has 2 aliphatic heterocycles. The lowest BCUT2D eigenvalue weighted by Crippen LogP contribution is -2.37. The van der Waals surface area contributed by atoms with Crippen LogP contribution in [-0.4, -0.2) is 50.8 Å². The van der Waals surface area contributed by atoms with Crippen LogP contribution in [0.2, 0.25) is 0 Å². The summed E-state index contributed by atoms with van der Waals surface area (Å²) in [6, 6.07) is 12.6. The number of nitrogens with one attached hydrogen (secondary N) is 1. The first-order chi connectivity index (χ1) is 13.8. The van der Waals surface area contributed by atoms with Crippen LogP contribution in [0.3, 0.4) is 0 Å². The lowest BCUT2D eigenvalue weighted by Gasteiger charge is -2.34. The van der Waals surface area contributed by atoms with E-state index in [2.05, 4.69) is 60.1 Å². The molecule has 2 aliphatic rings. The molecule has 0 bridgehead atoms. The third-order valence-corrected chi connectivity index (χ3v) is 5.79. The summed E-state index contributed by atoms with van der Waals surface area (Å²) in [5, 5.41) is 9.77. The highest BCUT2D eigenvalue weighted by Gasteiger charge is 2.30. The third-order valence-electron chi connectivity index (χ3n) is 5.79. The first kappa shape index (κ1) is 17.2. The van der Waals surface area contributed by atoms with Crippen LogP contribution >= 0.6 is 0 Å². The molecular weight excluding hydrogens is 352 g/mol. The molecule has 1 atom stereocenters. The van der Waals surface area contributed by atoms with Crippen LogP contribution in [-0.2, 0) is 6.54 Å². The second kappa shape index (κ2) is 7.24. The predicted octanol–water partition coefficient (Wildman–Crippen LogP) is 2.31. The number of H-pyrrole nitrogens is 1. The van der Waals surface area contributed by atoms with Crippen LogP contribution in [0.1, 0.15) is 35.7 Å². The van der Waals surface area contributed by atoms with Gasteiger partial charge in [0.2, 0.25) is 0 Å². The largest absolute Gasteiger partial charge is 0.393 e. The van der Waals surface area contributed by atoms with Crippen LogP contribution in [0.4, 0.5) is 11.6 Å². The molecule has 0 amide bonds. The Balaban J connectivity index is 1.43. The van der Waals surface area contributed by atoms with Crippen molar-refractivity contribution in [2.75, 3.05) is 29.4 Å². The zero-order valence-electron chi connectivity index (χ0n) is 15.7. The summed E-state index contributed by atoms with van der Waals surface area (Å²) in [5.41, 5.74) is 3.53. The number of fused-ring (bicyclic) bond motifs is 1. The molecule has 4 heterocycles. The van der Waals surface area contributed by atoms with E-state index in [1.165, 1.54) is 5.56 Å². The molecule has 1 fully saturated rings. The number of hydrogen-bond acceptors (Lipinski definition) is 6. The molecule has 0 radical (unpaired) electrons. The van der Waals surface area contributed by atoms with Crippen molar-refractivity contribution in [2.45, 2.75) is 31.4 Å². The zero-order chi connectivity index (χ0) is 18.9. The van der Waals surface area contributed by atoms with Gasteiger partial charge in [-0.3, -0.25) is 0 Å². The molecule has 1 unspecified atom stereocenters. The molecule has 0 aliphatic carbocycles. The van der Waals surface area contributed by atoms with E-state index in [9.17, 15) is 5.11 Å². The Morgan fingerprint density at radius 2 is 1.71 bits per heavy atom. The van der Waals surface area contributed by atoms with E-state index in [4.69, 9.17) is 0 Å². The van der Waals surface area contributed by atoms with Crippen molar-refractivity contribution >= 4 is 11.6 Å². The number of aliphatic hydroxyl groups excluding tert-OH is 1. The van der Waals surface area contributed by atoms with Gasteiger partial charge in [0.15, 0.2) is 0 Å². The number of benzene rings is 1. The number of piperidine rings is 1. The van der Waals surface area contributed by atoms with Gasteiger partial charge in [-0.1, -0.05) is 30.3 Å². The van der Waals surface area contributed by atoms with Crippen LogP contribution < -0.4 is 9.80 Å². The maximum Gasteiger partial charge on any atom is 0.134 e. The van der Waals surface area contributed by atoms with Gasteiger partial charge in [0.25, 0.3) is 0 Å². The number of anilines is 2. The molecule has 28 heavy (non-hydrogen) atoms. The molecule has 1 aromatic carbocycles. The van der Waals surface area contributed by atoms with Crippen molar-refractivity contribution in [3.63, 3.8) is 0 Å². The molecule has 1 saturated heterocycles. The van der Waals surface area contributed by atoms with E-state index in [0.29, 0.717) is 0 Å². The lowest BCUT2D eigenvalue weighted by molar-refractivity contribution is 0.145. The summed E-state index contributed by atoms with van der Waals surface area (Å²) >= 11 is 0. The molecule has 144 valence electrons. The number of nitrogens with zero attached hydrogens (tertiary/aromatic N) is 5. The van der Waals surface area contributed by atoms with Crippen molar-refractivity contribution in [1.29, 1.82) is 0 Å². The second-order valence-electron chi connectivity index (χ2n) is 7.56. The minimum absolute atomic E-state index is 0.190. The van der Waals surface area contributed by atoms with E-state index < -0.39 is 0 Å². The number of aromatic nitrogens is 4. The number of aliphatic hydroxyl groups is 1. The Morgan fingerprint density at radius 1 is 0.964 bits per heavy atom. The average Bonchev–Trinajstić information content (AvgIpc) is 3.23. The average molecular weight is 376 g/mol. The van der Waals surface area contributed by atoms with Gasteiger partial charge in [-0.15, -0.1) is 0 Å². The fourth-order valence-electron chi connectivity index (χ4n) is 4.22. The smallest absolute Gasteiger partial charge is 0.134 e. The van der Waals surface area contributed by atoms with Gasteiger partial charge in [-0.05, 0) is 18.4 Å². The molecule has 7 heteroatoms. The van der Waals surface area contributed by atoms with Crippen LogP contribution in [0.25, 0.3) is 0 Å². The fraction of sp³-hybridized carbons (Fsp3) is 0.381. The third kappa shape index (κ3) is 3.22. The Kier molecular flexibility index (Phi) is 4.44. The van der Waals surface area contributed by atoms with E-state index >= 15 is 0 Å². The van der Waals surface area contributed by atoms with E-state index in [1.807, 2.05) is 6.07 Å². The number of rotatable bonds is 3. The van der Waals surface area contributed by atoms with E-state index in [0.717, 1.165) is 62.0 Å². The highest BCUT2D eigenvalue weighted by molar-refractivity contribution is 5.53. The molecule has 0 saturated carbocycles. The van der Waals surface area contributed by atoms with E-state index in [1.54, 1.807) is 12.7 Å². The summed E-state index contributed by atoms with van der Waals surface area (Å²) < 4.78 is 0. The van der Waals surface area contributed by atoms with Crippen molar-refractivity contribution in [3.8, 4) is 0 Å². The van der Waals surface area contributed by atoms with Crippen molar-refractivity contribution in [2.24, 2.45) is 0 Å². The highest BCUT2D eigenvalue weighted by atomic mass is 16.3. The normalized spacial score (nSPS) is 20.2. The van der Waals surface area contributed by atoms with Crippen LogP contribution in [0, 0.1) is 0 Å². The summed E-state index contributed by atoms with van der Waals surface area (Å²) in [6.45, 7) is 3.24. The Morgan fingerprint density at radius 3 is 2.50 bits per heavy atom. The molecular formula is C21H24N6O. The quantitative estimate of drug-likeness (QED) is 0.730. The Labute approximate surface area is 164 Å². The second-order valence-corrected chi connectivity index (χ2v) is 7.56. The van der Waals surface area contributed by atoms with Crippen molar-refractivity contribution in [3.05, 3.63) is 66.0 Å². The van der Waals surface area contributed by atoms with Gasteiger partial charge >= 0.3 is 0 Å². The lowest BCUT2D eigenvalue weighted by atomic mass is 9.91. The summed E-state index contributed by atoms with van der Waals surface area (Å²) in [4.78, 5) is 21.5. The Hall–Kier alpha value is -2.93. The van der Waals surface area contributed by atoms with Crippen LogP contribution in [0.5, 0.6) is 0 Å². The number of hydrogen-bond donors (Lipinski definition) is 2. The van der Waals surface area contributed by atoms with Gasteiger partial charge < -0.3 is 19.9 Å². The number of imidazole rings is 1. The van der Waals surface area contributed by atoms with Crippen molar-refractivity contribution in [1.82, 2.24) is 19.9 Å². The SMILES string of the molecule is OC1CCN(c2cc(N3Cc4[nH]cnc4C(c4ccccc4)C3)ncn2)CC1. The summed E-state index contributed by atoms with van der Waals surface area (Å²) in [5.74, 6) is 2.07. The first-order valence-corrected chi connectivity index (χ1v) is 9.85. The standard InChI is InChI=1S/C21H24N6O/c28-16-6-8-26(9-7-16)19-10-20(24-14-23-19)27-11-17(15-4-2-1-3-5-15)21-18(12-27)22-13-25-21/h1-5,10,13-14,16-17,28H,6-9,11-12H2,(H,22,25). The summed E-state index contributed by atoms with van der Waals surface area (Å²) in [6.07, 6.45) is 4.82. The van der Waals surface area contributed by atoms with Crippen LogP contribution in [0.15, 0.2) is 49.1 Å².